The van der Waals surface area contributed by atoms with E-state index in [0.717, 1.165) is 10.0 Å². The molecule has 0 saturated heterocycles. The monoisotopic (exact) mass is 494 g/mol. The van der Waals surface area contributed by atoms with E-state index in [0.29, 0.717) is 36.6 Å². The molecule has 1 aromatic carbocycles. The first kappa shape index (κ1) is 24.5. The van der Waals surface area contributed by atoms with Crippen LogP contribution in [-0.4, -0.2) is 45.3 Å². The molecular formula is C20H27BrN6O4. The number of amides is 1. The molecule has 2 aromatic rings. The van der Waals surface area contributed by atoms with Crippen molar-refractivity contribution in [1.29, 1.82) is 0 Å². The number of amidine groups is 1. The number of carbonyl (C=O) groups is 1. The number of nitrogens with zero attached hydrogens (tertiary/aromatic N) is 4. The number of hydrogen-bond donors (Lipinski definition) is 3. The molecule has 31 heavy (non-hydrogen) atoms. The molecule has 0 radical (unpaired) electrons. The fourth-order valence-electron chi connectivity index (χ4n) is 2.42. The average molecular weight is 495 g/mol. The summed E-state index contributed by atoms with van der Waals surface area (Å²) in [7, 11) is 0. The Morgan fingerprint density at radius 3 is 2.71 bits per heavy atom. The summed E-state index contributed by atoms with van der Waals surface area (Å²) in [6.07, 6.45) is 0.663. The molecule has 168 valence electrons. The minimum atomic E-state index is -0.599. The van der Waals surface area contributed by atoms with Crippen LogP contribution in [-0.2, 0) is 4.74 Å². The Hall–Kier alpha value is -2.79. The van der Waals surface area contributed by atoms with Crippen LogP contribution < -0.4 is 10.8 Å². The highest BCUT2D eigenvalue weighted by atomic mass is 79.9. The van der Waals surface area contributed by atoms with Gasteiger partial charge >= 0.3 is 6.09 Å². The molecule has 11 heteroatoms. The Balaban J connectivity index is 1.96. The fraction of sp³-hybridized carbons (Fsp3) is 0.450. The van der Waals surface area contributed by atoms with E-state index in [2.05, 4.69) is 41.5 Å². The number of hydroxylamine groups is 1. The van der Waals surface area contributed by atoms with Crippen LogP contribution in [0.3, 0.4) is 0 Å². The van der Waals surface area contributed by atoms with Crippen molar-refractivity contribution >= 4 is 45.1 Å². The van der Waals surface area contributed by atoms with Gasteiger partial charge < -0.3 is 10.1 Å². The largest absolute Gasteiger partial charge is 0.442 e. The van der Waals surface area contributed by atoms with Crippen LogP contribution in [0.4, 0.5) is 16.3 Å². The first-order valence-corrected chi connectivity index (χ1v) is 10.5. The zero-order chi connectivity index (χ0) is 23.0. The van der Waals surface area contributed by atoms with Crippen molar-refractivity contribution in [2.24, 2.45) is 9.98 Å². The molecule has 1 heterocycles. The fourth-order valence-corrected chi connectivity index (χ4v) is 2.79. The molecule has 0 saturated carbocycles. The van der Waals surface area contributed by atoms with Crippen molar-refractivity contribution in [3.63, 3.8) is 0 Å². The number of aryl methyl sites for hydroxylation is 1. The van der Waals surface area contributed by atoms with E-state index in [-0.39, 0.29) is 11.5 Å². The lowest BCUT2D eigenvalue weighted by atomic mass is 10.2. The number of aromatic nitrogens is 2. The van der Waals surface area contributed by atoms with Crippen molar-refractivity contribution in [1.82, 2.24) is 15.8 Å². The smallest absolute Gasteiger partial charge is 0.434 e. The van der Waals surface area contributed by atoms with E-state index in [1.165, 1.54) is 0 Å². The molecule has 0 aliphatic heterocycles. The van der Waals surface area contributed by atoms with Crippen molar-refractivity contribution < 1.29 is 19.4 Å². The number of nitrogens with one attached hydrogen (secondary N) is 2. The van der Waals surface area contributed by atoms with Crippen LogP contribution in [0.2, 0.25) is 0 Å². The highest BCUT2D eigenvalue weighted by molar-refractivity contribution is 9.10. The number of ether oxygens (including phenoxy) is 1. The van der Waals surface area contributed by atoms with E-state index >= 15 is 0 Å². The van der Waals surface area contributed by atoms with Gasteiger partial charge in [-0.3, -0.25) is 10.7 Å². The predicted molar refractivity (Wildman–Crippen MR) is 121 cm³/mol. The van der Waals surface area contributed by atoms with E-state index < -0.39 is 11.7 Å². The van der Waals surface area contributed by atoms with Gasteiger partial charge in [-0.05, 0) is 75.5 Å². The second kappa shape index (κ2) is 11.0. The van der Waals surface area contributed by atoms with Gasteiger partial charge in [0.25, 0.3) is 0 Å². The molecule has 0 spiro atoms. The molecule has 0 bridgehead atoms. The molecule has 1 aromatic heterocycles. The Kier molecular flexibility index (Phi) is 8.69. The Morgan fingerprint density at radius 1 is 1.32 bits per heavy atom. The van der Waals surface area contributed by atoms with Gasteiger partial charge in [-0.1, -0.05) is 22.0 Å². The summed E-state index contributed by atoms with van der Waals surface area (Å²) in [5, 5.41) is 20.2. The summed E-state index contributed by atoms with van der Waals surface area (Å²) in [6.45, 7) is 9.62. The van der Waals surface area contributed by atoms with Crippen LogP contribution in [0.25, 0.3) is 0 Å². The first-order valence-electron chi connectivity index (χ1n) is 9.68. The molecule has 0 aliphatic carbocycles. The van der Waals surface area contributed by atoms with Crippen LogP contribution in [0.15, 0.2) is 37.3 Å². The van der Waals surface area contributed by atoms with Gasteiger partial charge in [0.15, 0.2) is 11.5 Å². The topological polar surface area (TPSA) is 134 Å². The number of rotatable bonds is 7. The number of halogens is 1. The molecule has 1 amide bonds. The maximum Gasteiger partial charge on any atom is 0.434 e. The number of benzene rings is 1. The van der Waals surface area contributed by atoms with Crippen molar-refractivity contribution in [2.45, 2.75) is 53.1 Å². The van der Waals surface area contributed by atoms with Crippen LogP contribution >= 0.6 is 15.9 Å². The third-order valence-corrected chi connectivity index (χ3v) is 4.75. The number of hydrogen-bond acceptors (Lipinski definition) is 8. The molecule has 0 aliphatic rings. The Morgan fingerprint density at radius 2 is 2.06 bits per heavy atom. The van der Waals surface area contributed by atoms with E-state index in [9.17, 15) is 10.0 Å². The summed E-state index contributed by atoms with van der Waals surface area (Å²) in [5.74, 6) is 0.412. The summed E-state index contributed by atoms with van der Waals surface area (Å²) in [4.78, 5) is 20.0. The highest BCUT2D eigenvalue weighted by Gasteiger charge is 2.17. The lowest BCUT2D eigenvalue weighted by Gasteiger charge is -2.17. The standard InChI is InChI=1S/C20H27BrN6O4/c1-12-8-9-14(11-15(12)21)24-18(25-29)16-17(27-31-26-16)22-10-6-7-13(2)23-19(28)30-20(3,4)5/h8-9,11,29H,6-7,10H2,1-5H3,(H,22,27)(H,24,25). The number of carbonyl (C=O) groups excluding carboxylic acids is 1. The minimum absolute atomic E-state index is 0.0853. The highest BCUT2D eigenvalue weighted by Crippen LogP contribution is 2.23. The molecule has 3 N–H and O–H groups in total. The van der Waals surface area contributed by atoms with Gasteiger partial charge in [-0.15, -0.1) is 0 Å². The molecule has 10 nitrogen and oxygen atoms in total. The normalized spacial score (nSPS) is 12.6. The van der Waals surface area contributed by atoms with Crippen LogP contribution in [0.1, 0.15) is 51.8 Å². The number of anilines is 1. The second-order valence-corrected chi connectivity index (χ2v) is 8.68. The van der Waals surface area contributed by atoms with Gasteiger partial charge in [0.2, 0.25) is 5.82 Å². The average Bonchev–Trinajstić information content (AvgIpc) is 3.12. The van der Waals surface area contributed by atoms with E-state index in [4.69, 9.17) is 9.37 Å². The quantitative estimate of drug-likeness (QED) is 0.216. The SMILES string of the molecule is CC(CCCNc1nonc1C(=Nc1ccc(C)c(Br)c1)NO)=NC(=O)OC(C)(C)C. The molecule has 0 fully saturated rings. The molecule has 0 unspecified atom stereocenters. The third-order valence-electron chi connectivity index (χ3n) is 3.90. The van der Waals surface area contributed by atoms with Gasteiger partial charge in [-0.25, -0.2) is 14.4 Å². The Bertz CT molecular complexity index is 965. The molecular weight excluding hydrogens is 468 g/mol. The van der Waals surface area contributed by atoms with Gasteiger partial charge in [-0.2, -0.15) is 4.99 Å². The zero-order valence-electron chi connectivity index (χ0n) is 18.2. The van der Waals surface area contributed by atoms with Crippen LogP contribution in [0, 0.1) is 6.92 Å². The van der Waals surface area contributed by atoms with Gasteiger partial charge in [0.1, 0.15) is 5.60 Å². The predicted octanol–water partition coefficient (Wildman–Crippen LogP) is 4.79. The van der Waals surface area contributed by atoms with Gasteiger partial charge in [0.05, 0.1) is 5.69 Å². The lowest BCUT2D eigenvalue weighted by Crippen LogP contribution is -2.22. The zero-order valence-corrected chi connectivity index (χ0v) is 19.8. The third kappa shape index (κ3) is 8.10. The Labute approximate surface area is 189 Å². The van der Waals surface area contributed by atoms with E-state index in [1.807, 2.05) is 30.6 Å². The maximum atomic E-state index is 11.7. The second-order valence-electron chi connectivity index (χ2n) is 7.82. The summed E-state index contributed by atoms with van der Waals surface area (Å²) in [6, 6.07) is 5.53. The van der Waals surface area contributed by atoms with Crippen molar-refractivity contribution in [3.05, 3.63) is 33.9 Å². The van der Waals surface area contributed by atoms with Crippen molar-refractivity contribution in [2.75, 3.05) is 11.9 Å². The maximum absolute atomic E-state index is 11.7. The van der Waals surface area contributed by atoms with Crippen molar-refractivity contribution in [3.8, 4) is 0 Å². The summed E-state index contributed by atoms with van der Waals surface area (Å²) in [5.41, 5.74) is 4.03. The molecule has 0 atom stereocenters. The van der Waals surface area contributed by atoms with Crippen LogP contribution in [0.5, 0.6) is 0 Å². The lowest BCUT2D eigenvalue weighted by molar-refractivity contribution is 0.0604. The number of aliphatic imine (C=N–C) groups is 2. The summed E-state index contributed by atoms with van der Waals surface area (Å²) >= 11 is 3.45. The minimum Gasteiger partial charge on any atom is -0.442 e. The summed E-state index contributed by atoms with van der Waals surface area (Å²) < 4.78 is 10.9. The molecule has 2 rings (SSSR count). The van der Waals surface area contributed by atoms with E-state index in [1.54, 1.807) is 27.7 Å². The van der Waals surface area contributed by atoms with Gasteiger partial charge in [0, 0.05) is 16.7 Å². The first-order chi connectivity index (χ1) is 14.6.